The summed E-state index contributed by atoms with van der Waals surface area (Å²) in [5.74, 6) is 1.42. The monoisotopic (exact) mass is 485 g/mol. The topological polar surface area (TPSA) is 98.6 Å². The highest BCUT2D eigenvalue weighted by atomic mass is 16.5. The predicted octanol–water partition coefficient (Wildman–Crippen LogP) is 3.47. The number of nitrogens with one attached hydrogen (secondary N) is 1. The lowest BCUT2D eigenvalue weighted by molar-refractivity contribution is -0.128. The van der Waals surface area contributed by atoms with Gasteiger partial charge in [-0.1, -0.05) is 18.2 Å². The molecule has 0 spiro atoms. The fraction of sp³-hybridized carbons (Fsp3) is 0.259. The largest absolute Gasteiger partial charge is 0.493 e. The molecule has 1 aliphatic rings. The molecule has 1 N–H and O–H groups in total. The third-order valence-electron chi connectivity index (χ3n) is 6.42. The first-order valence-corrected chi connectivity index (χ1v) is 11.7. The van der Waals surface area contributed by atoms with Gasteiger partial charge in [-0.15, -0.1) is 0 Å². The van der Waals surface area contributed by atoms with Crippen molar-refractivity contribution >= 4 is 28.5 Å². The fourth-order valence-corrected chi connectivity index (χ4v) is 4.45. The first-order valence-electron chi connectivity index (χ1n) is 11.7. The predicted molar refractivity (Wildman–Crippen MR) is 135 cm³/mol. The molecule has 0 radical (unpaired) electrons. The van der Waals surface area contributed by atoms with Crippen LogP contribution in [0.15, 0.2) is 67.1 Å². The maximum absolute atomic E-state index is 12.9. The van der Waals surface area contributed by atoms with Crippen molar-refractivity contribution in [1.82, 2.24) is 19.4 Å². The number of hydrogen-bond acceptors (Lipinski definition) is 6. The molecule has 2 amide bonds. The second-order valence-corrected chi connectivity index (χ2v) is 8.68. The quantitative estimate of drug-likeness (QED) is 0.410. The Morgan fingerprint density at radius 1 is 1.06 bits per heavy atom. The van der Waals surface area contributed by atoms with Gasteiger partial charge >= 0.3 is 0 Å². The maximum Gasteiger partial charge on any atom is 0.229 e. The second-order valence-electron chi connectivity index (χ2n) is 8.68. The van der Waals surface area contributed by atoms with Gasteiger partial charge in [0.05, 0.1) is 43.1 Å². The minimum absolute atomic E-state index is 0.0175. The summed E-state index contributed by atoms with van der Waals surface area (Å²) in [7, 11) is 3.19. The number of hydrogen-bond donors (Lipinski definition) is 1. The minimum Gasteiger partial charge on any atom is -0.493 e. The van der Waals surface area contributed by atoms with Crippen LogP contribution < -0.4 is 14.8 Å². The van der Waals surface area contributed by atoms with E-state index in [1.54, 1.807) is 37.7 Å². The van der Waals surface area contributed by atoms with Gasteiger partial charge in [0, 0.05) is 19.5 Å². The average Bonchev–Trinajstić information content (AvgIpc) is 3.51. The maximum atomic E-state index is 12.9. The van der Waals surface area contributed by atoms with Gasteiger partial charge in [-0.25, -0.2) is 9.97 Å². The molecule has 1 atom stereocenters. The summed E-state index contributed by atoms with van der Waals surface area (Å²) >= 11 is 0. The Hall–Kier alpha value is -4.40. The number of methoxy groups -OCH3 is 2. The van der Waals surface area contributed by atoms with Crippen LogP contribution in [0.2, 0.25) is 0 Å². The van der Waals surface area contributed by atoms with Crippen molar-refractivity contribution in [2.75, 3.05) is 32.6 Å². The van der Waals surface area contributed by atoms with Crippen LogP contribution in [-0.4, -0.2) is 58.6 Å². The van der Waals surface area contributed by atoms with Crippen LogP contribution in [0.1, 0.15) is 12.0 Å². The number of imidazole rings is 1. The summed E-state index contributed by atoms with van der Waals surface area (Å²) in [6.45, 7) is 0.928. The van der Waals surface area contributed by atoms with Crippen molar-refractivity contribution in [1.29, 1.82) is 0 Å². The first kappa shape index (κ1) is 23.3. The van der Waals surface area contributed by atoms with E-state index in [2.05, 4.69) is 15.3 Å². The number of likely N-dealkylation sites (tertiary alicyclic amines) is 1. The molecule has 1 saturated heterocycles. The number of fused-ring (bicyclic) bond motifs is 1. The Kier molecular flexibility index (Phi) is 6.53. The highest BCUT2D eigenvalue weighted by Crippen LogP contribution is 2.28. The molecular formula is C27H27N5O4. The van der Waals surface area contributed by atoms with Crippen LogP contribution in [-0.2, 0) is 16.0 Å². The summed E-state index contributed by atoms with van der Waals surface area (Å²) in [6.07, 6.45) is 4.21. The van der Waals surface area contributed by atoms with E-state index >= 15 is 0 Å². The molecule has 0 aliphatic carbocycles. The molecule has 9 nitrogen and oxygen atoms in total. The van der Waals surface area contributed by atoms with E-state index < -0.39 is 5.92 Å². The normalized spacial score (nSPS) is 15.3. The number of anilines is 1. The Morgan fingerprint density at radius 2 is 1.89 bits per heavy atom. The van der Waals surface area contributed by atoms with Crippen LogP contribution in [0.5, 0.6) is 11.5 Å². The molecule has 0 saturated carbocycles. The van der Waals surface area contributed by atoms with E-state index in [-0.39, 0.29) is 18.2 Å². The van der Waals surface area contributed by atoms with Crippen molar-refractivity contribution < 1.29 is 19.1 Å². The Balaban J connectivity index is 1.18. The molecule has 3 heterocycles. The standard InChI is InChI=1S/C27H27N5O4/c1-35-23-9-7-18(13-24(23)36-2)11-12-31-16-19(14-26(31)33)27(34)30-20-8-10-25(28-15-20)32-17-29-21-5-3-4-6-22(21)32/h3-10,13,15,17,19H,11-12,14,16H2,1-2H3,(H,30,34). The van der Waals surface area contributed by atoms with Crippen LogP contribution in [0.4, 0.5) is 5.69 Å². The van der Waals surface area contributed by atoms with Gasteiger partial charge < -0.3 is 19.7 Å². The van der Waals surface area contributed by atoms with Gasteiger partial charge in [0.25, 0.3) is 0 Å². The summed E-state index contributed by atoms with van der Waals surface area (Å²) < 4.78 is 12.5. The Bertz CT molecular complexity index is 1400. The lowest BCUT2D eigenvalue weighted by Crippen LogP contribution is -2.30. The molecule has 0 bridgehead atoms. The van der Waals surface area contributed by atoms with Gasteiger partial charge in [0.15, 0.2) is 11.5 Å². The Labute approximate surface area is 208 Å². The highest BCUT2D eigenvalue weighted by molar-refractivity contribution is 5.97. The SMILES string of the molecule is COc1ccc(CCN2CC(C(=O)Nc3ccc(-n4cnc5ccccc54)nc3)CC2=O)cc1OC. The van der Waals surface area contributed by atoms with E-state index in [1.165, 1.54) is 0 Å². The van der Waals surface area contributed by atoms with Gasteiger partial charge in [-0.3, -0.25) is 14.2 Å². The lowest BCUT2D eigenvalue weighted by atomic mass is 10.1. The van der Waals surface area contributed by atoms with Crippen molar-refractivity contribution in [3.63, 3.8) is 0 Å². The number of ether oxygens (including phenoxy) is 2. The number of aromatic nitrogens is 3. The summed E-state index contributed by atoms with van der Waals surface area (Å²) in [6, 6.07) is 17.2. The van der Waals surface area contributed by atoms with E-state index in [1.807, 2.05) is 53.1 Å². The summed E-state index contributed by atoms with van der Waals surface area (Å²) in [5.41, 5.74) is 3.47. The minimum atomic E-state index is -0.403. The van der Waals surface area contributed by atoms with E-state index in [0.29, 0.717) is 42.5 Å². The molecule has 184 valence electrons. The van der Waals surface area contributed by atoms with Crippen molar-refractivity contribution in [2.45, 2.75) is 12.8 Å². The summed E-state index contributed by atoms with van der Waals surface area (Å²) in [5, 5.41) is 2.90. The number of amides is 2. The zero-order valence-corrected chi connectivity index (χ0v) is 20.2. The highest BCUT2D eigenvalue weighted by Gasteiger charge is 2.34. The Morgan fingerprint density at radius 3 is 2.67 bits per heavy atom. The smallest absolute Gasteiger partial charge is 0.229 e. The molecule has 36 heavy (non-hydrogen) atoms. The van der Waals surface area contributed by atoms with Crippen molar-refractivity contribution in [3.8, 4) is 17.3 Å². The van der Waals surface area contributed by atoms with Crippen LogP contribution in [0, 0.1) is 5.92 Å². The summed E-state index contributed by atoms with van der Waals surface area (Å²) in [4.78, 5) is 36.0. The zero-order chi connectivity index (χ0) is 25.1. The molecule has 1 fully saturated rings. The lowest BCUT2D eigenvalue weighted by Gasteiger charge is -2.17. The van der Waals surface area contributed by atoms with Crippen molar-refractivity contribution in [3.05, 3.63) is 72.7 Å². The fourth-order valence-electron chi connectivity index (χ4n) is 4.45. The number of benzene rings is 2. The van der Waals surface area contributed by atoms with Gasteiger partial charge in [0.2, 0.25) is 11.8 Å². The van der Waals surface area contributed by atoms with E-state index in [0.717, 1.165) is 16.6 Å². The van der Waals surface area contributed by atoms with Crippen LogP contribution >= 0.6 is 0 Å². The molecule has 2 aromatic heterocycles. The number of rotatable bonds is 8. The number of nitrogens with zero attached hydrogens (tertiary/aromatic N) is 4. The van der Waals surface area contributed by atoms with Gasteiger partial charge in [0.1, 0.15) is 12.1 Å². The first-order chi connectivity index (χ1) is 17.6. The number of carbonyl (C=O) groups is 2. The van der Waals surface area contributed by atoms with E-state index in [4.69, 9.17) is 9.47 Å². The molecule has 9 heteroatoms. The zero-order valence-electron chi connectivity index (χ0n) is 20.2. The van der Waals surface area contributed by atoms with Crippen LogP contribution in [0.25, 0.3) is 16.9 Å². The average molecular weight is 486 g/mol. The molecule has 2 aromatic carbocycles. The molecule has 1 unspecified atom stereocenters. The number of carbonyl (C=O) groups excluding carboxylic acids is 2. The van der Waals surface area contributed by atoms with Crippen molar-refractivity contribution in [2.24, 2.45) is 5.92 Å². The molecule has 5 rings (SSSR count). The van der Waals surface area contributed by atoms with Gasteiger partial charge in [-0.2, -0.15) is 0 Å². The van der Waals surface area contributed by atoms with Gasteiger partial charge in [-0.05, 0) is 48.4 Å². The third-order valence-corrected chi connectivity index (χ3v) is 6.42. The number of pyridine rings is 1. The molecule has 1 aliphatic heterocycles. The van der Waals surface area contributed by atoms with Crippen LogP contribution in [0.3, 0.4) is 0 Å². The second kappa shape index (κ2) is 10.1. The molecule has 4 aromatic rings. The third kappa shape index (κ3) is 4.72. The number of para-hydroxylation sites is 2. The molecular weight excluding hydrogens is 458 g/mol. The van der Waals surface area contributed by atoms with E-state index in [9.17, 15) is 9.59 Å².